The quantitative estimate of drug-likeness (QED) is 0.904. The van der Waals surface area contributed by atoms with E-state index in [2.05, 4.69) is 25.1 Å². The first-order valence-electron chi connectivity index (χ1n) is 7.16. The van der Waals surface area contributed by atoms with E-state index >= 15 is 0 Å². The van der Waals surface area contributed by atoms with Gasteiger partial charge in [-0.1, -0.05) is 44.5 Å². The molecular weight excluding hydrogens is 236 g/mol. The average Bonchev–Trinajstić information content (AvgIpc) is 2.87. The monoisotopic (exact) mass is 260 g/mol. The minimum atomic E-state index is -0.386. The number of amides is 1. The maximum absolute atomic E-state index is 12.4. The minimum Gasteiger partial charge on any atom is -0.337 e. The van der Waals surface area contributed by atoms with Crippen LogP contribution in [0.15, 0.2) is 24.3 Å². The fraction of sp³-hybridized carbons (Fsp3) is 0.562. The third kappa shape index (κ3) is 2.66. The molecule has 0 saturated heterocycles. The van der Waals surface area contributed by atoms with Crippen LogP contribution < -0.4 is 5.73 Å². The molecule has 0 bridgehead atoms. The van der Waals surface area contributed by atoms with Gasteiger partial charge in [0.15, 0.2) is 0 Å². The Kier molecular flexibility index (Phi) is 4.25. The van der Waals surface area contributed by atoms with Crippen LogP contribution in [0.1, 0.15) is 43.9 Å². The van der Waals surface area contributed by atoms with Crippen LogP contribution in [0, 0.1) is 5.92 Å². The molecule has 1 aliphatic carbocycles. The van der Waals surface area contributed by atoms with Crippen LogP contribution in [0.5, 0.6) is 0 Å². The Morgan fingerprint density at radius 2 is 2.16 bits per heavy atom. The number of nitrogens with zero attached hydrogens (tertiary/aromatic N) is 1. The van der Waals surface area contributed by atoms with Crippen molar-refractivity contribution in [3.05, 3.63) is 35.4 Å². The SMILES string of the molecule is CCC(C)[C@H](N)C(=O)N(C)C1CCc2ccccc21. The standard InChI is InChI=1S/C16H24N2O/c1-4-11(2)15(17)16(19)18(3)14-10-9-12-7-5-6-8-13(12)14/h5-8,11,14-15H,4,9-10,17H2,1-3H3/t11?,14?,15-/m0/s1. The smallest absolute Gasteiger partial charge is 0.240 e. The summed E-state index contributed by atoms with van der Waals surface area (Å²) in [6, 6.07) is 8.20. The number of hydrogen-bond donors (Lipinski definition) is 1. The van der Waals surface area contributed by atoms with E-state index in [1.165, 1.54) is 11.1 Å². The number of hydrogen-bond acceptors (Lipinski definition) is 2. The summed E-state index contributed by atoms with van der Waals surface area (Å²) >= 11 is 0. The number of nitrogens with two attached hydrogens (primary N) is 1. The van der Waals surface area contributed by atoms with E-state index < -0.39 is 0 Å². The summed E-state index contributed by atoms with van der Waals surface area (Å²) in [6.45, 7) is 4.11. The summed E-state index contributed by atoms with van der Waals surface area (Å²) in [6.07, 6.45) is 2.99. The van der Waals surface area contributed by atoms with Gasteiger partial charge in [0, 0.05) is 7.05 Å². The van der Waals surface area contributed by atoms with Crippen LogP contribution in [0.4, 0.5) is 0 Å². The molecule has 3 atom stereocenters. The Labute approximate surface area is 115 Å². The number of carbonyl (C=O) groups is 1. The largest absolute Gasteiger partial charge is 0.337 e. The van der Waals surface area contributed by atoms with Gasteiger partial charge in [0.1, 0.15) is 0 Å². The topological polar surface area (TPSA) is 46.3 Å². The number of aryl methyl sites for hydroxylation is 1. The van der Waals surface area contributed by atoms with Crippen LogP contribution >= 0.6 is 0 Å². The molecule has 3 nitrogen and oxygen atoms in total. The van der Waals surface area contributed by atoms with Gasteiger partial charge in [-0.05, 0) is 29.9 Å². The molecule has 2 N–H and O–H groups in total. The van der Waals surface area contributed by atoms with E-state index in [-0.39, 0.29) is 23.9 Å². The second kappa shape index (κ2) is 5.74. The summed E-state index contributed by atoms with van der Waals surface area (Å²) in [7, 11) is 1.89. The maximum atomic E-state index is 12.4. The van der Waals surface area contributed by atoms with Gasteiger partial charge in [-0.3, -0.25) is 4.79 Å². The minimum absolute atomic E-state index is 0.0658. The lowest BCUT2D eigenvalue weighted by atomic mass is 9.98. The van der Waals surface area contributed by atoms with Crippen LogP contribution in [0.2, 0.25) is 0 Å². The first-order chi connectivity index (χ1) is 9.06. The molecule has 104 valence electrons. The van der Waals surface area contributed by atoms with Gasteiger partial charge in [-0.25, -0.2) is 0 Å². The molecule has 1 aromatic carbocycles. The Morgan fingerprint density at radius 3 is 2.84 bits per heavy atom. The molecule has 0 radical (unpaired) electrons. The highest BCUT2D eigenvalue weighted by molar-refractivity contribution is 5.82. The van der Waals surface area contributed by atoms with Crippen molar-refractivity contribution >= 4 is 5.91 Å². The van der Waals surface area contributed by atoms with Crippen molar-refractivity contribution in [1.29, 1.82) is 0 Å². The Bertz CT molecular complexity index is 458. The van der Waals surface area contributed by atoms with Crippen molar-refractivity contribution < 1.29 is 4.79 Å². The predicted molar refractivity (Wildman–Crippen MR) is 77.7 cm³/mol. The third-order valence-electron chi connectivity index (χ3n) is 4.46. The summed E-state index contributed by atoms with van der Waals surface area (Å²) in [5.41, 5.74) is 8.72. The predicted octanol–water partition coefficient (Wildman–Crippen LogP) is 2.51. The molecule has 0 heterocycles. The van der Waals surface area contributed by atoms with E-state index in [0.717, 1.165) is 19.3 Å². The number of likely N-dealkylation sites (N-methyl/N-ethyl adjacent to an activating group) is 1. The summed E-state index contributed by atoms with van der Waals surface area (Å²) in [4.78, 5) is 14.3. The maximum Gasteiger partial charge on any atom is 0.240 e. The normalized spacial score (nSPS) is 20.7. The Morgan fingerprint density at radius 1 is 1.47 bits per heavy atom. The average molecular weight is 260 g/mol. The lowest BCUT2D eigenvalue weighted by Gasteiger charge is -2.30. The van der Waals surface area contributed by atoms with Crippen LogP contribution in [-0.4, -0.2) is 23.9 Å². The van der Waals surface area contributed by atoms with E-state index in [1.807, 2.05) is 24.9 Å². The van der Waals surface area contributed by atoms with Crippen molar-refractivity contribution in [3.8, 4) is 0 Å². The Balaban J connectivity index is 2.13. The lowest BCUT2D eigenvalue weighted by Crippen LogP contribution is -2.46. The fourth-order valence-corrected chi connectivity index (χ4v) is 2.82. The third-order valence-corrected chi connectivity index (χ3v) is 4.46. The molecule has 0 fully saturated rings. The van der Waals surface area contributed by atoms with E-state index in [0.29, 0.717) is 0 Å². The highest BCUT2D eigenvalue weighted by Gasteiger charge is 2.31. The van der Waals surface area contributed by atoms with E-state index in [1.54, 1.807) is 0 Å². The molecule has 19 heavy (non-hydrogen) atoms. The molecule has 0 spiro atoms. The van der Waals surface area contributed by atoms with Gasteiger partial charge in [-0.2, -0.15) is 0 Å². The van der Waals surface area contributed by atoms with Gasteiger partial charge in [0.2, 0.25) is 5.91 Å². The first kappa shape index (κ1) is 14.1. The van der Waals surface area contributed by atoms with Gasteiger partial charge in [0.25, 0.3) is 0 Å². The van der Waals surface area contributed by atoms with Crippen LogP contribution in [-0.2, 0) is 11.2 Å². The molecule has 2 rings (SSSR count). The van der Waals surface area contributed by atoms with Crippen molar-refractivity contribution in [1.82, 2.24) is 4.90 Å². The van der Waals surface area contributed by atoms with Gasteiger partial charge < -0.3 is 10.6 Å². The summed E-state index contributed by atoms with van der Waals surface area (Å²) < 4.78 is 0. The van der Waals surface area contributed by atoms with E-state index in [4.69, 9.17) is 5.73 Å². The molecule has 1 aromatic rings. The first-order valence-corrected chi connectivity index (χ1v) is 7.16. The van der Waals surface area contributed by atoms with Gasteiger partial charge >= 0.3 is 0 Å². The van der Waals surface area contributed by atoms with E-state index in [9.17, 15) is 4.79 Å². The summed E-state index contributed by atoms with van der Waals surface area (Å²) in [5, 5.41) is 0. The number of rotatable bonds is 4. The zero-order valence-corrected chi connectivity index (χ0v) is 12.1. The zero-order chi connectivity index (χ0) is 14.0. The van der Waals surface area contributed by atoms with Crippen molar-refractivity contribution in [3.63, 3.8) is 0 Å². The second-order valence-corrected chi connectivity index (χ2v) is 5.61. The van der Waals surface area contributed by atoms with Crippen molar-refractivity contribution in [2.45, 2.75) is 45.2 Å². The molecule has 2 unspecified atom stereocenters. The number of fused-ring (bicyclic) bond motifs is 1. The molecule has 0 aliphatic heterocycles. The molecule has 1 aliphatic rings. The van der Waals surface area contributed by atoms with Crippen LogP contribution in [0.3, 0.4) is 0 Å². The Hall–Kier alpha value is -1.35. The summed E-state index contributed by atoms with van der Waals surface area (Å²) in [5.74, 6) is 0.294. The lowest BCUT2D eigenvalue weighted by molar-refractivity contribution is -0.134. The molecular formula is C16H24N2O. The van der Waals surface area contributed by atoms with Crippen molar-refractivity contribution in [2.75, 3.05) is 7.05 Å². The molecule has 0 aromatic heterocycles. The van der Waals surface area contributed by atoms with Crippen LogP contribution in [0.25, 0.3) is 0 Å². The molecule has 3 heteroatoms. The number of benzene rings is 1. The van der Waals surface area contributed by atoms with Crippen molar-refractivity contribution in [2.24, 2.45) is 11.7 Å². The van der Waals surface area contributed by atoms with Gasteiger partial charge in [0.05, 0.1) is 12.1 Å². The molecule has 1 amide bonds. The molecule has 0 saturated carbocycles. The second-order valence-electron chi connectivity index (χ2n) is 5.61. The zero-order valence-electron chi connectivity index (χ0n) is 12.1. The van der Waals surface area contributed by atoms with Gasteiger partial charge in [-0.15, -0.1) is 0 Å². The fourth-order valence-electron chi connectivity index (χ4n) is 2.82. The number of carbonyl (C=O) groups excluding carboxylic acids is 1. The highest BCUT2D eigenvalue weighted by Crippen LogP contribution is 2.35. The highest BCUT2D eigenvalue weighted by atomic mass is 16.2.